The first-order valence-corrected chi connectivity index (χ1v) is 6.82. The van der Waals surface area contributed by atoms with Gasteiger partial charge in [-0.3, -0.25) is 9.89 Å². The minimum Gasteiger partial charge on any atom is -0.497 e. The van der Waals surface area contributed by atoms with Crippen LogP contribution < -0.4 is 10.3 Å². The number of aromatic amines is 1. The first-order valence-electron chi connectivity index (χ1n) is 6.44. The smallest absolute Gasteiger partial charge is 0.291 e. The highest BCUT2D eigenvalue weighted by atomic mass is 35.5. The largest absolute Gasteiger partial charge is 0.497 e. The maximum absolute atomic E-state index is 12.2. The highest BCUT2D eigenvalue weighted by Crippen LogP contribution is 2.28. The molecule has 5 nitrogen and oxygen atoms in total. The summed E-state index contributed by atoms with van der Waals surface area (Å²) in [5, 5.41) is 3.15. The molecular formula is C15H14ClN3O2. The van der Waals surface area contributed by atoms with Crippen molar-refractivity contribution in [3.8, 4) is 16.9 Å². The number of nitrogens with zero attached hydrogens (tertiary/aromatic N) is 2. The van der Waals surface area contributed by atoms with E-state index in [9.17, 15) is 4.79 Å². The van der Waals surface area contributed by atoms with Crippen LogP contribution in [0.1, 0.15) is 11.4 Å². The third-order valence-corrected chi connectivity index (χ3v) is 3.89. The van der Waals surface area contributed by atoms with E-state index in [1.54, 1.807) is 14.0 Å². The van der Waals surface area contributed by atoms with Gasteiger partial charge in [0.2, 0.25) is 0 Å². The summed E-state index contributed by atoms with van der Waals surface area (Å²) < 4.78 is 6.54. The zero-order chi connectivity index (χ0) is 15.1. The van der Waals surface area contributed by atoms with Crippen molar-refractivity contribution in [3.63, 3.8) is 0 Å². The second-order valence-corrected chi connectivity index (χ2v) is 5.19. The molecule has 2 aromatic heterocycles. The van der Waals surface area contributed by atoms with Gasteiger partial charge in [-0.25, -0.2) is 4.98 Å². The molecule has 108 valence electrons. The molecule has 21 heavy (non-hydrogen) atoms. The number of hydrogen-bond donors (Lipinski definition) is 1. The Bertz CT molecular complexity index is 879. The molecule has 0 aliphatic heterocycles. The van der Waals surface area contributed by atoms with Crippen molar-refractivity contribution in [1.29, 1.82) is 0 Å². The fourth-order valence-electron chi connectivity index (χ4n) is 2.37. The fraction of sp³-hybridized carbons (Fsp3) is 0.200. The van der Waals surface area contributed by atoms with Gasteiger partial charge in [0, 0.05) is 11.3 Å². The van der Waals surface area contributed by atoms with Crippen molar-refractivity contribution in [2.75, 3.05) is 7.11 Å². The number of ether oxygens (including phenoxy) is 1. The molecule has 0 amide bonds. The van der Waals surface area contributed by atoms with Crippen molar-refractivity contribution >= 4 is 17.2 Å². The van der Waals surface area contributed by atoms with Crippen molar-refractivity contribution in [3.05, 3.63) is 51.0 Å². The number of aromatic nitrogens is 3. The van der Waals surface area contributed by atoms with E-state index in [0.29, 0.717) is 11.3 Å². The summed E-state index contributed by atoms with van der Waals surface area (Å²) in [7, 11) is 1.62. The van der Waals surface area contributed by atoms with Gasteiger partial charge >= 0.3 is 0 Å². The molecule has 0 atom stereocenters. The topological polar surface area (TPSA) is 59.4 Å². The Kier molecular flexibility index (Phi) is 3.22. The second-order valence-electron chi connectivity index (χ2n) is 4.82. The molecule has 0 radical (unpaired) electrons. The molecule has 2 heterocycles. The predicted octanol–water partition coefficient (Wildman–Crippen LogP) is 2.97. The van der Waals surface area contributed by atoms with Crippen LogP contribution in [0.2, 0.25) is 5.02 Å². The fourth-order valence-corrected chi connectivity index (χ4v) is 2.50. The number of halogens is 1. The van der Waals surface area contributed by atoms with Gasteiger partial charge in [-0.15, -0.1) is 0 Å². The number of fused-ring (bicyclic) bond motifs is 1. The van der Waals surface area contributed by atoms with E-state index in [1.165, 1.54) is 4.52 Å². The summed E-state index contributed by atoms with van der Waals surface area (Å²) in [6, 6.07) is 7.62. The van der Waals surface area contributed by atoms with E-state index in [-0.39, 0.29) is 10.6 Å². The SMILES string of the molecule is COc1ccc(-c2c(C)[nH]n3c(=O)c(Cl)c(C)nc23)cc1. The predicted molar refractivity (Wildman–Crippen MR) is 82.3 cm³/mol. The number of rotatable bonds is 2. The second kappa shape index (κ2) is 4.93. The lowest BCUT2D eigenvalue weighted by molar-refractivity contribution is 0.415. The third kappa shape index (κ3) is 2.10. The summed E-state index contributed by atoms with van der Waals surface area (Å²) in [6.45, 7) is 3.63. The lowest BCUT2D eigenvalue weighted by Gasteiger charge is -2.04. The Labute approximate surface area is 126 Å². The van der Waals surface area contributed by atoms with Gasteiger partial charge in [-0.2, -0.15) is 4.52 Å². The van der Waals surface area contributed by atoms with Crippen LogP contribution >= 0.6 is 11.6 Å². The molecule has 1 N–H and O–H groups in total. The lowest BCUT2D eigenvalue weighted by atomic mass is 10.1. The lowest BCUT2D eigenvalue weighted by Crippen LogP contribution is -2.17. The maximum atomic E-state index is 12.2. The van der Waals surface area contributed by atoms with Crippen molar-refractivity contribution in [2.45, 2.75) is 13.8 Å². The first kappa shape index (κ1) is 13.7. The van der Waals surface area contributed by atoms with E-state index in [1.807, 2.05) is 31.2 Å². The third-order valence-electron chi connectivity index (χ3n) is 3.45. The number of benzene rings is 1. The van der Waals surface area contributed by atoms with Crippen LogP contribution in [0.3, 0.4) is 0 Å². The molecule has 6 heteroatoms. The minimum absolute atomic E-state index is 0.134. The van der Waals surface area contributed by atoms with Crippen LogP contribution in [0.25, 0.3) is 16.8 Å². The van der Waals surface area contributed by atoms with Crippen LogP contribution in [0.15, 0.2) is 29.1 Å². The van der Waals surface area contributed by atoms with E-state index < -0.39 is 0 Å². The molecule has 0 fully saturated rings. The molecule has 0 saturated heterocycles. The molecular weight excluding hydrogens is 290 g/mol. The molecule has 0 aliphatic carbocycles. The van der Waals surface area contributed by atoms with Crippen LogP contribution in [-0.2, 0) is 0 Å². The number of aryl methyl sites for hydroxylation is 2. The Hall–Kier alpha value is -2.27. The Morgan fingerprint density at radius 1 is 1.24 bits per heavy atom. The first-order chi connectivity index (χ1) is 10.0. The van der Waals surface area contributed by atoms with Crippen LogP contribution in [0.5, 0.6) is 5.75 Å². The van der Waals surface area contributed by atoms with E-state index in [4.69, 9.17) is 16.3 Å². The Balaban J connectivity index is 2.31. The molecule has 0 unspecified atom stereocenters. The van der Waals surface area contributed by atoms with Gasteiger partial charge in [0.15, 0.2) is 5.65 Å². The number of methoxy groups -OCH3 is 1. The molecule has 0 spiro atoms. The zero-order valence-electron chi connectivity index (χ0n) is 11.9. The van der Waals surface area contributed by atoms with Crippen molar-refractivity contribution < 1.29 is 4.74 Å². The highest BCUT2D eigenvalue weighted by Gasteiger charge is 2.16. The van der Waals surface area contributed by atoms with Crippen molar-refractivity contribution in [2.24, 2.45) is 0 Å². The summed E-state index contributed by atoms with van der Waals surface area (Å²) in [5.74, 6) is 0.778. The van der Waals surface area contributed by atoms with E-state index in [2.05, 4.69) is 10.1 Å². The quantitative estimate of drug-likeness (QED) is 0.792. The van der Waals surface area contributed by atoms with Gasteiger partial charge in [0.05, 0.1) is 12.8 Å². The summed E-state index contributed by atoms with van der Waals surface area (Å²) in [6.07, 6.45) is 0. The number of H-pyrrole nitrogens is 1. The summed E-state index contributed by atoms with van der Waals surface area (Å²) in [4.78, 5) is 16.6. The van der Waals surface area contributed by atoms with Gasteiger partial charge < -0.3 is 4.74 Å². The number of nitrogens with one attached hydrogen (secondary N) is 1. The van der Waals surface area contributed by atoms with Crippen LogP contribution in [0.4, 0.5) is 0 Å². The molecule has 3 rings (SSSR count). The minimum atomic E-state index is -0.290. The van der Waals surface area contributed by atoms with E-state index >= 15 is 0 Å². The normalized spacial score (nSPS) is 11.0. The average Bonchev–Trinajstić information content (AvgIpc) is 2.81. The Morgan fingerprint density at radius 2 is 1.90 bits per heavy atom. The van der Waals surface area contributed by atoms with Crippen molar-refractivity contribution in [1.82, 2.24) is 14.6 Å². The van der Waals surface area contributed by atoms with E-state index in [0.717, 1.165) is 22.6 Å². The molecule has 0 bridgehead atoms. The zero-order valence-corrected chi connectivity index (χ0v) is 12.7. The van der Waals surface area contributed by atoms with Gasteiger partial charge in [-0.05, 0) is 31.5 Å². The maximum Gasteiger partial charge on any atom is 0.291 e. The van der Waals surface area contributed by atoms with Crippen LogP contribution in [-0.4, -0.2) is 21.7 Å². The molecule has 3 aromatic rings. The Morgan fingerprint density at radius 3 is 2.52 bits per heavy atom. The monoisotopic (exact) mass is 303 g/mol. The van der Waals surface area contributed by atoms with Gasteiger partial charge in [0.1, 0.15) is 10.8 Å². The van der Waals surface area contributed by atoms with Gasteiger partial charge in [0.25, 0.3) is 5.56 Å². The summed E-state index contributed by atoms with van der Waals surface area (Å²) in [5.41, 5.74) is 3.50. The average molecular weight is 304 g/mol. The molecule has 0 aliphatic rings. The standard InChI is InChI=1S/C15H14ClN3O2/c1-8-12(10-4-6-11(21-3)7-5-10)14-17-9(2)13(16)15(20)19(14)18-8/h4-7,18H,1-3H3. The molecule has 1 aromatic carbocycles. The summed E-state index contributed by atoms with van der Waals surface area (Å²) >= 11 is 5.97. The number of hydrogen-bond acceptors (Lipinski definition) is 3. The highest BCUT2D eigenvalue weighted by molar-refractivity contribution is 6.31. The molecule has 0 saturated carbocycles. The van der Waals surface area contributed by atoms with Gasteiger partial charge in [-0.1, -0.05) is 23.7 Å². The van der Waals surface area contributed by atoms with Crippen LogP contribution in [0, 0.1) is 13.8 Å².